The Balaban J connectivity index is 1.96. The maximum atomic E-state index is 5.93. The highest BCUT2D eigenvalue weighted by atomic mass is 15.1. The van der Waals surface area contributed by atoms with Gasteiger partial charge >= 0.3 is 0 Å². The van der Waals surface area contributed by atoms with E-state index in [0.717, 1.165) is 25.8 Å². The molecule has 3 heteroatoms. The normalized spacial score (nSPS) is 19.0. The van der Waals surface area contributed by atoms with Gasteiger partial charge in [-0.05, 0) is 42.7 Å². The van der Waals surface area contributed by atoms with Crippen LogP contribution in [0.15, 0.2) is 29.3 Å². The lowest BCUT2D eigenvalue weighted by Gasteiger charge is -2.21. The fraction of sp³-hybridized carbons (Fsp3) is 0.562. The summed E-state index contributed by atoms with van der Waals surface area (Å²) in [5.41, 5.74) is 9.08. The molecule has 1 aromatic carbocycles. The molecular formula is C16H25N3. The summed E-state index contributed by atoms with van der Waals surface area (Å²) in [7, 11) is 0. The molecular weight excluding hydrogens is 234 g/mol. The molecule has 1 unspecified atom stereocenters. The van der Waals surface area contributed by atoms with E-state index in [1.165, 1.54) is 11.1 Å². The zero-order valence-corrected chi connectivity index (χ0v) is 12.2. The van der Waals surface area contributed by atoms with Gasteiger partial charge < -0.3 is 11.1 Å². The number of nitrogens with two attached hydrogens (primary N) is 1. The summed E-state index contributed by atoms with van der Waals surface area (Å²) in [5, 5.41) is 3.22. The standard InChI is InChI=1S/C16H25N3/c1-4-12(2)19-15(17)18-11-16(3)9-13-7-5-6-8-14(13)10-16/h5-8,12H,4,9-11H2,1-3H3,(H3,17,18,19). The van der Waals surface area contributed by atoms with Crippen LogP contribution in [0, 0.1) is 5.41 Å². The molecule has 0 saturated heterocycles. The zero-order chi connectivity index (χ0) is 13.9. The van der Waals surface area contributed by atoms with Crippen molar-refractivity contribution in [2.45, 2.75) is 46.1 Å². The van der Waals surface area contributed by atoms with Crippen LogP contribution in [-0.2, 0) is 12.8 Å². The molecule has 0 aromatic heterocycles. The molecule has 3 nitrogen and oxygen atoms in total. The van der Waals surface area contributed by atoms with Crippen molar-refractivity contribution < 1.29 is 0 Å². The number of hydrogen-bond acceptors (Lipinski definition) is 1. The van der Waals surface area contributed by atoms with Crippen molar-refractivity contribution in [3.63, 3.8) is 0 Å². The van der Waals surface area contributed by atoms with Crippen molar-refractivity contribution in [3.05, 3.63) is 35.4 Å². The van der Waals surface area contributed by atoms with Crippen molar-refractivity contribution in [2.75, 3.05) is 6.54 Å². The molecule has 2 rings (SSSR count). The fourth-order valence-electron chi connectivity index (χ4n) is 2.67. The van der Waals surface area contributed by atoms with Crippen LogP contribution in [-0.4, -0.2) is 18.5 Å². The van der Waals surface area contributed by atoms with Crippen LogP contribution in [0.25, 0.3) is 0 Å². The zero-order valence-electron chi connectivity index (χ0n) is 12.2. The SMILES string of the molecule is CCC(C)NC(N)=NCC1(C)Cc2ccccc2C1. The second-order valence-electron chi connectivity index (χ2n) is 6.09. The van der Waals surface area contributed by atoms with Crippen LogP contribution in [0.4, 0.5) is 0 Å². The predicted molar refractivity (Wildman–Crippen MR) is 81.3 cm³/mol. The Hall–Kier alpha value is -1.51. The highest BCUT2D eigenvalue weighted by Crippen LogP contribution is 2.36. The summed E-state index contributed by atoms with van der Waals surface area (Å²) in [5.74, 6) is 0.575. The molecule has 0 spiro atoms. The van der Waals surface area contributed by atoms with Gasteiger partial charge in [0.2, 0.25) is 0 Å². The van der Waals surface area contributed by atoms with E-state index in [2.05, 4.69) is 55.3 Å². The third-order valence-electron chi connectivity index (χ3n) is 3.99. The Bertz CT molecular complexity index is 440. The van der Waals surface area contributed by atoms with Crippen LogP contribution >= 0.6 is 0 Å². The van der Waals surface area contributed by atoms with E-state index in [-0.39, 0.29) is 5.41 Å². The van der Waals surface area contributed by atoms with E-state index in [9.17, 15) is 0 Å². The third kappa shape index (κ3) is 3.49. The largest absolute Gasteiger partial charge is 0.370 e. The summed E-state index contributed by atoms with van der Waals surface area (Å²) in [6, 6.07) is 9.08. The summed E-state index contributed by atoms with van der Waals surface area (Å²) in [4.78, 5) is 4.53. The van der Waals surface area contributed by atoms with Gasteiger partial charge in [-0.15, -0.1) is 0 Å². The van der Waals surface area contributed by atoms with E-state index < -0.39 is 0 Å². The van der Waals surface area contributed by atoms with Crippen molar-refractivity contribution in [2.24, 2.45) is 16.1 Å². The second kappa shape index (κ2) is 5.64. The third-order valence-corrected chi connectivity index (χ3v) is 3.99. The number of rotatable bonds is 4. The topological polar surface area (TPSA) is 50.4 Å². The Morgan fingerprint density at radius 2 is 1.95 bits per heavy atom. The van der Waals surface area contributed by atoms with Gasteiger partial charge in [-0.2, -0.15) is 0 Å². The fourth-order valence-corrected chi connectivity index (χ4v) is 2.67. The van der Waals surface area contributed by atoms with Gasteiger partial charge in [-0.3, -0.25) is 4.99 Å². The highest BCUT2D eigenvalue weighted by molar-refractivity contribution is 5.78. The molecule has 0 radical (unpaired) electrons. The van der Waals surface area contributed by atoms with Crippen LogP contribution < -0.4 is 11.1 Å². The molecule has 1 aliphatic rings. The van der Waals surface area contributed by atoms with Gasteiger partial charge in [0.25, 0.3) is 0 Å². The molecule has 104 valence electrons. The van der Waals surface area contributed by atoms with Crippen LogP contribution in [0.5, 0.6) is 0 Å². The van der Waals surface area contributed by atoms with Crippen molar-refractivity contribution in [1.29, 1.82) is 0 Å². The van der Waals surface area contributed by atoms with Gasteiger partial charge in [-0.25, -0.2) is 0 Å². The summed E-state index contributed by atoms with van der Waals surface area (Å²) >= 11 is 0. The molecule has 0 aliphatic heterocycles. The maximum Gasteiger partial charge on any atom is 0.188 e. The lowest BCUT2D eigenvalue weighted by Crippen LogP contribution is -2.39. The smallest absolute Gasteiger partial charge is 0.188 e. The molecule has 0 amide bonds. The first kappa shape index (κ1) is 13.9. The molecule has 0 fully saturated rings. The van der Waals surface area contributed by atoms with E-state index in [4.69, 9.17) is 5.73 Å². The van der Waals surface area contributed by atoms with E-state index in [1.54, 1.807) is 0 Å². The average molecular weight is 259 g/mol. The number of hydrogen-bond donors (Lipinski definition) is 2. The number of guanidine groups is 1. The van der Waals surface area contributed by atoms with Crippen molar-refractivity contribution in [3.8, 4) is 0 Å². The quantitative estimate of drug-likeness (QED) is 0.645. The minimum atomic E-state index is 0.214. The average Bonchev–Trinajstić information content (AvgIpc) is 2.73. The number of fused-ring (bicyclic) bond motifs is 1. The highest BCUT2D eigenvalue weighted by Gasteiger charge is 2.32. The van der Waals surface area contributed by atoms with Gasteiger partial charge in [0.1, 0.15) is 0 Å². The van der Waals surface area contributed by atoms with E-state index in [0.29, 0.717) is 12.0 Å². The van der Waals surface area contributed by atoms with Gasteiger partial charge in [0, 0.05) is 12.6 Å². The van der Waals surface area contributed by atoms with Crippen LogP contribution in [0.3, 0.4) is 0 Å². The molecule has 0 heterocycles. The minimum absolute atomic E-state index is 0.214. The lowest BCUT2D eigenvalue weighted by atomic mass is 9.87. The Kier molecular flexibility index (Phi) is 4.13. The molecule has 0 saturated carbocycles. The van der Waals surface area contributed by atoms with Crippen molar-refractivity contribution in [1.82, 2.24) is 5.32 Å². The Morgan fingerprint density at radius 1 is 1.37 bits per heavy atom. The molecule has 3 N–H and O–H groups in total. The summed E-state index contributed by atoms with van der Waals surface area (Å²) in [6.07, 6.45) is 3.26. The second-order valence-corrected chi connectivity index (χ2v) is 6.09. The van der Waals surface area contributed by atoms with Crippen LogP contribution in [0.1, 0.15) is 38.3 Å². The van der Waals surface area contributed by atoms with E-state index >= 15 is 0 Å². The summed E-state index contributed by atoms with van der Waals surface area (Å²) in [6.45, 7) is 7.35. The molecule has 1 atom stereocenters. The maximum absolute atomic E-state index is 5.93. The molecule has 1 aromatic rings. The number of benzene rings is 1. The van der Waals surface area contributed by atoms with Crippen molar-refractivity contribution >= 4 is 5.96 Å². The van der Waals surface area contributed by atoms with Gasteiger partial charge in [0.15, 0.2) is 5.96 Å². The molecule has 1 aliphatic carbocycles. The van der Waals surface area contributed by atoms with Gasteiger partial charge in [-0.1, -0.05) is 38.1 Å². The van der Waals surface area contributed by atoms with Crippen LogP contribution in [0.2, 0.25) is 0 Å². The lowest BCUT2D eigenvalue weighted by molar-refractivity contribution is 0.360. The first-order valence-corrected chi connectivity index (χ1v) is 7.16. The number of nitrogens with zero attached hydrogens (tertiary/aromatic N) is 1. The number of aliphatic imine (C=N–C) groups is 1. The molecule has 0 bridgehead atoms. The molecule has 19 heavy (non-hydrogen) atoms. The Morgan fingerprint density at radius 3 is 2.47 bits per heavy atom. The first-order valence-electron chi connectivity index (χ1n) is 7.16. The minimum Gasteiger partial charge on any atom is -0.370 e. The predicted octanol–water partition coefficient (Wildman–Crippen LogP) is 2.49. The first-order chi connectivity index (χ1) is 9.02. The Labute approximate surface area is 116 Å². The van der Waals surface area contributed by atoms with Gasteiger partial charge in [0.05, 0.1) is 0 Å². The monoisotopic (exact) mass is 259 g/mol. The number of nitrogens with one attached hydrogen (secondary N) is 1. The van der Waals surface area contributed by atoms with E-state index in [1.807, 2.05) is 0 Å². The summed E-state index contributed by atoms with van der Waals surface area (Å²) < 4.78 is 0.